The number of nitrogens with zero attached hydrogens (tertiary/aromatic N) is 5. The van der Waals surface area contributed by atoms with E-state index in [0.29, 0.717) is 38.5 Å². The molecule has 7 nitrogen and oxygen atoms in total. The van der Waals surface area contributed by atoms with Crippen LogP contribution in [0.3, 0.4) is 0 Å². The molecule has 0 radical (unpaired) electrons. The lowest BCUT2D eigenvalue weighted by molar-refractivity contribution is 0.0279. The fourth-order valence-electron chi connectivity index (χ4n) is 3.98. The smallest absolute Gasteiger partial charge is 0.146 e. The molecule has 4 rings (SSSR count). The van der Waals surface area contributed by atoms with Crippen LogP contribution in [0.15, 0.2) is 55.0 Å². The van der Waals surface area contributed by atoms with Crippen molar-refractivity contribution in [1.82, 2.24) is 19.4 Å². The first-order valence-corrected chi connectivity index (χ1v) is 10.4. The molecule has 164 valence electrons. The highest BCUT2D eigenvalue weighted by Crippen LogP contribution is 2.26. The summed E-state index contributed by atoms with van der Waals surface area (Å²) in [6.07, 6.45) is 5.51. The molecule has 0 aliphatic carbocycles. The molecule has 2 aromatic heterocycles. The third-order valence-electron chi connectivity index (χ3n) is 5.60. The number of aryl methyl sites for hydroxylation is 1. The monoisotopic (exact) mass is 425 g/mol. The van der Waals surface area contributed by atoms with Gasteiger partial charge in [0.2, 0.25) is 0 Å². The number of likely N-dealkylation sites (N-methyl/N-ethyl adjacent to an activating group) is 1. The van der Waals surface area contributed by atoms with Crippen molar-refractivity contribution in [2.45, 2.75) is 25.2 Å². The second-order valence-electron chi connectivity index (χ2n) is 8.29. The van der Waals surface area contributed by atoms with Crippen molar-refractivity contribution < 1.29 is 14.2 Å². The average molecular weight is 426 g/mol. The van der Waals surface area contributed by atoms with E-state index >= 15 is 0 Å². The van der Waals surface area contributed by atoms with E-state index in [1.165, 1.54) is 12.3 Å². The van der Waals surface area contributed by atoms with E-state index in [9.17, 15) is 9.50 Å². The number of imidazole rings is 1. The van der Waals surface area contributed by atoms with Gasteiger partial charge in [0, 0.05) is 45.6 Å². The Kier molecular flexibility index (Phi) is 6.20. The number of anilines is 1. The molecule has 1 aliphatic rings. The SMILES string of the molecule is CN(Cc1ccc(OCc2nccn2C)cc1)CC1(O)CCN(c2ccc(F)cn2)C1. The van der Waals surface area contributed by atoms with Gasteiger partial charge in [-0.2, -0.15) is 0 Å². The summed E-state index contributed by atoms with van der Waals surface area (Å²) in [5.74, 6) is 2.01. The summed E-state index contributed by atoms with van der Waals surface area (Å²) in [4.78, 5) is 12.5. The van der Waals surface area contributed by atoms with Crippen LogP contribution in [0.25, 0.3) is 0 Å². The number of benzene rings is 1. The molecule has 1 unspecified atom stereocenters. The first kappa shape index (κ1) is 21.3. The minimum Gasteiger partial charge on any atom is -0.486 e. The molecule has 31 heavy (non-hydrogen) atoms. The van der Waals surface area contributed by atoms with Crippen molar-refractivity contribution in [1.29, 1.82) is 0 Å². The minimum atomic E-state index is -0.823. The summed E-state index contributed by atoms with van der Waals surface area (Å²) in [7, 11) is 3.94. The van der Waals surface area contributed by atoms with Crippen LogP contribution < -0.4 is 9.64 Å². The lowest BCUT2D eigenvalue weighted by Gasteiger charge is -2.29. The molecule has 1 aliphatic heterocycles. The zero-order chi connectivity index (χ0) is 21.8. The molecule has 0 bridgehead atoms. The van der Waals surface area contributed by atoms with Crippen LogP contribution in [-0.4, -0.2) is 56.8 Å². The Labute approximate surface area is 181 Å². The number of halogens is 1. The molecule has 1 aromatic carbocycles. The van der Waals surface area contributed by atoms with Crippen molar-refractivity contribution in [3.8, 4) is 5.75 Å². The number of pyridine rings is 1. The second kappa shape index (κ2) is 9.03. The number of ether oxygens (including phenoxy) is 1. The first-order valence-electron chi connectivity index (χ1n) is 10.4. The van der Waals surface area contributed by atoms with Crippen LogP contribution in [0.1, 0.15) is 17.8 Å². The van der Waals surface area contributed by atoms with E-state index in [-0.39, 0.29) is 5.82 Å². The Bertz CT molecular complexity index is 992. The van der Waals surface area contributed by atoms with Gasteiger partial charge in [0.1, 0.15) is 29.8 Å². The summed E-state index contributed by atoms with van der Waals surface area (Å²) in [5.41, 5.74) is 0.321. The molecular formula is C23H28FN5O2. The summed E-state index contributed by atoms with van der Waals surface area (Å²) < 4.78 is 20.8. The molecule has 1 N–H and O–H groups in total. The van der Waals surface area contributed by atoms with Gasteiger partial charge in [-0.1, -0.05) is 12.1 Å². The maximum atomic E-state index is 13.1. The van der Waals surface area contributed by atoms with Crippen LogP contribution >= 0.6 is 0 Å². The van der Waals surface area contributed by atoms with E-state index in [1.54, 1.807) is 12.3 Å². The van der Waals surface area contributed by atoms with Gasteiger partial charge in [0.25, 0.3) is 0 Å². The van der Waals surface area contributed by atoms with Crippen LogP contribution in [0.4, 0.5) is 10.2 Å². The van der Waals surface area contributed by atoms with Crippen molar-refractivity contribution >= 4 is 5.82 Å². The number of β-amino-alcohol motifs (C(OH)–C–C–N with tert-alkyl or cyclic N) is 1. The van der Waals surface area contributed by atoms with Crippen molar-refractivity contribution in [3.05, 3.63) is 72.2 Å². The summed E-state index contributed by atoms with van der Waals surface area (Å²) in [6.45, 7) is 2.87. The van der Waals surface area contributed by atoms with E-state index < -0.39 is 5.60 Å². The average Bonchev–Trinajstić information content (AvgIpc) is 3.33. The largest absolute Gasteiger partial charge is 0.486 e. The summed E-state index contributed by atoms with van der Waals surface area (Å²) >= 11 is 0. The van der Waals surface area contributed by atoms with Gasteiger partial charge in [-0.05, 0) is 43.3 Å². The van der Waals surface area contributed by atoms with Crippen molar-refractivity contribution in [2.75, 3.05) is 31.6 Å². The zero-order valence-electron chi connectivity index (χ0n) is 17.9. The first-order chi connectivity index (χ1) is 14.9. The third-order valence-corrected chi connectivity index (χ3v) is 5.60. The highest BCUT2D eigenvalue weighted by atomic mass is 19.1. The van der Waals surface area contributed by atoms with E-state index in [2.05, 4.69) is 14.9 Å². The summed E-state index contributed by atoms with van der Waals surface area (Å²) in [6, 6.07) is 11.0. The Morgan fingerprint density at radius 2 is 2.00 bits per heavy atom. The number of rotatable bonds is 8. The van der Waals surface area contributed by atoms with E-state index in [4.69, 9.17) is 4.74 Å². The maximum Gasteiger partial charge on any atom is 0.146 e. The molecular weight excluding hydrogens is 397 g/mol. The fourth-order valence-corrected chi connectivity index (χ4v) is 3.98. The number of aromatic nitrogens is 3. The Balaban J connectivity index is 1.27. The quantitative estimate of drug-likeness (QED) is 0.599. The Hall–Kier alpha value is -2.97. The minimum absolute atomic E-state index is 0.356. The molecule has 1 fully saturated rings. The van der Waals surface area contributed by atoms with Crippen molar-refractivity contribution in [3.63, 3.8) is 0 Å². The highest BCUT2D eigenvalue weighted by Gasteiger charge is 2.37. The number of hydrogen-bond acceptors (Lipinski definition) is 6. The molecule has 1 atom stereocenters. The molecule has 3 aromatic rings. The predicted molar refractivity (Wildman–Crippen MR) is 116 cm³/mol. The topological polar surface area (TPSA) is 66.7 Å². The Morgan fingerprint density at radius 3 is 2.68 bits per heavy atom. The standard InChI is InChI=1S/C23H28FN5O2/c1-27(16-23(30)9-11-29(17-23)21-8-5-19(24)13-26-21)14-18-3-6-20(7-4-18)31-15-22-25-10-12-28(22)2/h3-8,10,12-13,30H,9,11,14-17H2,1-2H3. The second-order valence-corrected chi connectivity index (χ2v) is 8.29. The van der Waals surface area contributed by atoms with Crippen LogP contribution in [0.5, 0.6) is 5.75 Å². The van der Waals surface area contributed by atoms with Gasteiger partial charge in [-0.25, -0.2) is 14.4 Å². The lowest BCUT2D eigenvalue weighted by Crippen LogP contribution is -2.43. The number of aliphatic hydroxyl groups is 1. The maximum absolute atomic E-state index is 13.1. The fraction of sp³-hybridized carbons (Fsp3) is 0.391. The normalized spacial score (nSPS) is 18.7. The molecule has 3 heterocycles. The van der Waals surface area contributed by atoms with Crippen LogP contribution in [0, 0.1) is 5.82 Å². The van der Waals surface area contributed by atoms with Gasteiger partial charge in [0.05, 0.1) is 11.8 Å². The van der Waals surface area contributed by atoms with E-state index in [1.807, 2.05) is 54.0 Å². The van der Waals surface area contributed by atoms with Gasteiger partial charge in [-0.3, -0.25) is 4.90 Å². The van der Waals surface area contributed by atoms with Gasteiger partial charge < -0.3 is 19.3 Å². The van der Waals surface area contributed by atoms with Crippen LogP contribution in [-0.2, 0) is 20.2 Å². The van der Waals surface area contributed by atoms with Gasteiger partial charge in [-0.15, -0.1) is 0 Å². The highest BCUT2D eigenvalue weighted by molar-refractivity contribution is 5.40. The van der Waals surface area contributed by atoms with E-state index in [0.717, 1.165) is 23.7 Å². The molecule has 0 spiro atoms. The lowest BCUT2D eigenvalue weighted by atomic mass is 10.0. The molecule has 8 heteroatoms. The molecule has 1 saturated heterocycles. The van der Waals surface area contributed by atoms with Gasteiger partial charge in [0.15, 0.2) is 0 Å². The van der Waals surface area contributed by atoms with Gasteiger partial charge >= 0.3 is 0 Å². The third kappa shape index (κ3) is 5.39. The molecule has 0 saturated carbocycles. The molecule has 0 amide bonds. The zero-order valence-corrected chi connectivity index (χ0v) is 17.9. The predicted octanol–water partition coefficient (Wildman–Crippen LogP) is 2.61. The Morgan fingerprint density at radius 1 is 1.19 bits per heavy atom. The summed E-state index contributed by atoms with van der Waals surface area (Å²) in [5, 5.41) is 11.0. The van der Waals surface area contributed by atoms with Crippen molar-refractivity contribution in [2.24, 2.45) is 7.05 Å². The number of hydrogen-bond donors (Lipinski definition) is 1. The van der Waals surface area contributed by atoms with Crippen LogP contribution in [0.2, 0.25) is 0 Å².